The van der Waals surface area contributed by atoms with Crippen LogP contribution in [-0.2, 0) is 0 Å². The Morgan fingerprint density at radius 1 is 1.00 bits per heavy atom. The molecule has 0 aliphatic carbocycles. The van der Waals surface area contributed by atoms with Crippen molar-refractivity contribution in [2.24, 2.45) is 0 Å². The van der Waals surface area contributed by atoms with E-state index in [4.69, 9.17) is 0 Å². The van der Waals surface area contributed by atoms with Crippen molar-refractivity contribution in [3.63, 3.8) is 0 Å². The van der Waals surface area contributed by atoms with Crippen LogP contribution >= 0.6 is 15.9 Å². The zero-order valence-corrected chi connectivity index (χ0v) is 12.5. The van der Waals surface area contributed by atoms with Crippen LogP contribution in [0.4, 0.5) is 0 Å². The van der Waals surface area contributed by atoms with Gasteiger partial charge in [0.25, 0.3) is 0 Å². The molecule has 19 heavy (non-hydrogen) atoms. The van der Waals surface area contributed by atoms with E-state index in [-0.39, 0.29) is 18.6 Å². The molecule has 2 aromatic rings. The fraction of sp³-hybridized carbons (Fsp3) is 0.250. The zero-order valence-electron chi connectivity index (χ0n) is 10.9. The predicted octanol–water partition coefficient (Wildman–Crippen LogP) is 3.49. The van der Waals surface area contributed by atoms with E-state index in [0.29, 0.717) is 0 Å². The molecule has 3 heteroatoms. The van der Waals surface area contributed by atoms with Crippen molar-refractivity contribution in [3.8, 4) is 0 Å². The van der Waals surface area contributed by atoms with E-state index in [9.17, 15) is 5.11 Å². The molecule has 0 amide bonds. The number of hydrogen-bond donors (Lipinski definition) is 2. The monoisotopic (exact) mass is 319 g/mol. The Hall–Kier alpha value is -1.16. The van der Waals surface area contributed by atoms with Crippen molar-refractivity contribution >= 4 is 15.9 Å². The molecule has 0 saturated carbocycles. The number of aliphatic hydroxyl groups excluding tert-OH is 1. The van der Waals surface area contributed by atoms with Gasteiger partial charge in [-0.25, -0.2) is 0 Å². The average molecular weight is 320 g/mol. The summed E-state index contributed by atoms with van der Waals surface area (Å²) >= 11 is 3.45. The SMILES string of the molecule is CNC(c1ccc(Br)cc1)C(CO)c1ccccc1. The summed E-state index contributed by atoms with van der Waals surface area (Å²) in [6.07, 6.45) is 0. The number of likely N-dealkylation sites (N-methyl/N-ethyl adjacent to an activating group) is 1. The van der Waals surface area contributed by atoms with E-state index in [0.717, 1.165) is 10.0 Å². The summed E-state index contributed by atoms with van der Waals surface area (Å²) in [6, 6.07) is 18.4. The molecule has 0 spiro atoms. The van der Waals surface area contributed by atoms with E-state index >= 15 is 0 Å². The summed E-state index contributed by atoms with van der Waals surface area (Å²) in [6.45, 7) is 0.117. The van der Waals surface area contributed by atoms with E-state index in [2.05, 4.69) is 45.5 Å². The fourth-order valence-corrected chi connectivity index (χ4v) is 2.64. The predicted molar refractivity (Wildman–Crippen MR) is 82.2 cm³/mol. The quantitative estimate of drug-likeness (QED) is 0.884. The number of hydrogen-bond acceptors (Lipinski definition) is 2. The summed E-state index contributed by atoms with van der Waals surface area (Å²) in [5.41, 5.74) is 2.32. The fourth-order valence-electron chi connectivity index (χ4n) is 2.37. The summed E-state index contributed by atoms with van der Waals surface area (Å²) in [4.78, 5) is 0. The molecular weight excluding hydrogens is 302 g/mol. The van der Waals surface area contributed by atoms with Crippen molar-refractivity contribution in [2.45, 2.75) is 12.0 Å². The van der Waals surface area contributed by atoms with E-state index in [1.54, 1.807) is 0 Å². The lowest BCUT2D eigenvalue weighted by Crippen LogP contribution is -2.26. The van der Waals surface area contributed by atoms with Gasteiger partial charge in [-0.15, -0.1) is 0 Å². The smallest absolute Gasteiger partial charge is 0.0518 e. The Morgan fingerprint density at radius 3 is 2.16 bits per heavy atom. The molecule has 0 bridgehead atoms. The van der Waals surface area contributed by atoms with Crippen molar-refractivity contribution < 1.29 is 5.11 Å². The minimum Gasteiger partial charge on any atom is -0.396 e. The molecule has 2 atom stereocenters. The maximum absolute atomic E-state index is 9.75. The normalized spacial score (nSPS) is 14.1. The molecule has 2 unspecified atom stereocenters. The van der Waals surface area contributed by atoms with Gasteiger partial charge in [-0.2, -0.15) is 0 Å². The van der Waals surface area contributed by atoms with Crippen molar-refractivity contribution in [2.75, 3.05) is 13.7 Å². The third-order valence-corrected chi connectivity index (χ3v) is 3.90. The van der Waals surface area contributed by atoms with Gasteiger partial charge in [0.15, 0.2) is 0 Å². The molecule has 0 radical (unpaired) electrons. The van der Waals surface area contributed by atoms with Gasteiger partial charge < -0.3 is 10.4 Å². The Bertz CT molecular complexity index is 498. The second-order valence-corrected chi connectivity index (χ2v) is 5.43. The maximum atomic E-state index is 9.75. The van der Waals surface area contributed by atoms with Crippen LogP contribution in [0, 0.1) is 0 Å². The summed E-state index contributed by atoms with van der Waals surface area (Å²) in [5, 5.41) is 13.1. The van der Waals surface area contributed by atoms with Crippen LogP contribution in [-0.4, -0.2) is 18.8 Å². The average Bonchev–Trinajstić information content (AvgIpc) is 2.47. The second-order valence-electron chi connectivity index (χ2n) is 4.52. The van der Waals surface area contributed by atoms with E-state index < -0.39 is 0 Å². The van der Waals surface area contributed by atoms with Crippen molar-refractivity contribution in [1.29, 1.82) is 0 Å². The molecule has 0 heterocycles. The highest BCUT2D eigenvalue weighted by molar-refractivity contribution is 9.10. The first kappa shape index (κ1) is 14.3. The standard InChI is InChI=1S/C16H18BrNO/c1-18-16(13-7-9-14(17)10-8-13)15(11-19)12-5-3-2-4-6-12/h2-10,15-16,18-19H,11H2,1H3. The van der Waals surface area contributed by atoms with Crippen LogP contribution in [0.15, 0.2) is 59.1 Å². The Morgan fingerprint density at radius 2 is 1.63 bits per heavy atom. The van der Waals surface area contributed by atoms with Gasteiger partial charge in [0.2, 0.25) is 0 Å². The lowest BCUT2D eigenvalue weighted by Gasteiger charge is -2.26. The number of benzene rings is 2. The molecule has 0 aromatic heterocycles. The van der Waals surface area contributed by atoms with Crippen LogP contribution < -0.4 is 5.32 Å². The first-order chi connectivity index (χ1) is 9.26. The zero-order chi connectivity index (χ0) is 13.7. The number of rotatable bonds is 5. The molecule has 0 saturated heterocycles. The molecule has 2 rings (SSSR count). The number of nitrogens with one attached hydrogen (secondary N) is 1. The van der Waals surface area contributed by atoms with Gasteiger partial charge in [0.05, 0.1) is 6.61 Å². The highest BCUT2D eigenvalue weighted by atomic mass is 79.9. The molecule has 0 aliphatic rings. The third-order valence-electron chi connectivity index (χ3n) is 3.37. The molecule has 0 fully saturated rings. The minimum absolute atomic E-state index is 0.0485. The largest absolute Gasteiger partial charge is 0.396 e. The lowest BCUT2D eigenvalue weighted by atomic mass is 9.88. The van der Waals surface area contributed by atoms with Crippen molar-refractivity contribution in [1.82, 2.24) is 5.32 Å². The molecular formula is C16H18BrNO. The maximum Gasteiger partial charge on any atom is 0.0518 e. The summed E-state index contributed by atoms with van der Waals surface area (Å²) in [7, 11) is 1.93. The van der Waals surface area contributed by atoms with Gasteiger partial charge in [0, 0.05) is 16.4 Å². The minimum atomic E-state index is 0.0485. The van der Waals surface area contributed by atoms with E-state index in [1.807, 2.05) is 37.4 Å². The molecule has 2 N–H and O–H groups in total. The Balaban J connectivity index is 2.31. The van der Waals surface area contributed by atoms with Gasteiger partial charge in [0.1, 0.15) is 0 Å². The third kappa shape index (κ3) is 3.44. The topological polar surface area (TPSA) is 32.3 Å². The van der Waals surface area contributed by atoms with Crippen LogP contribution in [0.5, 0.6) is 0 Å². The first-order valence-electron chi connectivity index (χ1n) is 6.34. The summed E-state index contributed by atoms with van der Waals surface area (Å²) in [5.74, 6) is 0.0485. The first-order valence-corrected chi connectivity index (χ1v) is 7.14. The molecule has 2 nitrogen and oxygen atoms in total. The molecule has 2 aromatic carbocycles. The van der Waals surface area contributed by atoms with E-state index in [1.165, 1.54) is 5.56 Å². The molecule has 0 aliphatic heterocycles. The van der Waals surface area contributed by atoms with Crippen LogP contribution in [0.25, 0.3) is 0 Å². The molecule has 100 valence electrons. The summed E-state index contributed by atoms with van der Waals surface area (Å²) < 4.78 is 1.06. The van der Waals surface area contributed by atoms with Crippen molar-refractivity contribution in [3.05, 3.63) is 70.2 Å². The highest BCUT2D eigenvalue weighted by Gasteiger charge is 2.22. The van der Waals surface area contributed by atoms with Gasteiger partial charge in [-0.3, -0.25) is 0 Å². The lowest BCUT2D eigenvalue weighted by molar-refractivity contribution is 0.239. The number of halogens is 1. The van der Waals surface area contributed by atoms with Crippen LogP contribution in [0.1, 0.15) is 23.1 Å². The van der Waals surface area contributed by atoms with Gasteiger partial charge in [-0.1, -0.05) is 58.4 Å². The Kier molecular flexibility index (Phi) is 5.14. The van der Waals surface area contributed by atoms with Gasteiger partial charge in [-0.05, 0) is 30.3 Å². The van der Waals surface area contributed by atoms with Crippen LogP contribution in [0.3, 0.4) is 0 Å². The van der Waals surface area contributed by atoms with Gasteiger partial charge >= 0.3 is 0 Å². The van der Waals surface area contributed by atoms with Crippen LogP contribution in [0.2, 0.25) is 0 Å². The highest BCUT2D eigenvalue weighted by Crippen LogP contribution is 2.30. The Labute approximate surface area is 122 Å². The second kappa shape index (κ2) is 6.85. The number of aliphatic hydroxyl groups is 1.